The van der Waals surface area contributed by atoms with Crippen LogP contribution < -0.4 is 10.6 Å². The molecule has 0 bridgehead atoms. The number of anilines is 1. The van der Waals surface area contributed by atoms with E-state index < -0.39 is 0 Å². The van der Waals surface area contributed by atoms with Crippen molar-refractivity contribution in [1.82, 2.24) is 15.3 Å². The fourth-order valence-electron chi connectivity index (χ4n) is 2.77. The van der Waals surface area contributed by atoms with E-state index in [0.717, 1.165) is 38.2 Å². The lowest BCUT2D eigenvalue weighted by Crippen LogP contribution is -2.28. The van der Waals surface area contributed by atoms with Crippen LogP contribution in [0.4, 0.5) is 9.93 Å². The number of aryl methyl sites for hydroxylation is 1. The molecule has 0 aliphatic carbocycles. The summed E-state index contributed by atoms with van der Waals surface area (Å²) in [5.74, 6) is 0. The first kappa shape index (κ1) is 18.8. The van der Waals surface area contributed by atoms with Crippen LogP contribution in [0.5, 0.6) is 0 Å². The summed E-state index contributed by atoms with van der Waals surface area (Å²) in [7, 11) is 0. The molecule has 6 heteroatoms. The fraction of sp³-hybridized carbons (Fsp3) is 0.190. The Morgan fingerprint density at radius 2 is 2.15 bits per heavy atom. The molecule has 27 heavy (non-hydrogen) atoms. The third kappa shape index (κ3) is 4.06. The van der Waals surface area contributed by atoms with E-state index in [4.69, 9.17) is 0 Å². The minimum atomic E-state index is -0.257. The van der Waals surface area contributed by atoms with Crippen LogP contribution >= 0.6 is 11.3 Å². The molecule has 0 aliphatic heterocycles. The Kier molecular flexibility index (Phi) is 5.66. The van der Waals surface area contributed by atoms with Gasteiger partial charge in [-0.25, -0.2) is 9.78 Å². The number of pyridine rings is 1. The summed E-state index contributed by atoms with van der Waals surface area (Å²) in [5.41, 5.74) is 5.84. The maximum absolute atomic E-state index is 11.9. The van der Waals surface area contributed by atoms with Crippen molar-refractivity contribution >= 4 is 38.3 Å². The predicted octanol–water partition coefficient (Wildman–Crippen LogP) is 5.40. The normalized spacial score (nSPS) is 11.4. The average Bonchev–Trinajstić information content (AvgIpc) is 3.05. The van der Waals surface area contributed by atoms with Crippen molar-refractivity contribution in [1.29, 1.82) is 0 Å². The molecule has 2 aromatic heterocycles. The molecule has 138 valence electrons. The SMILES string of the molecule is C=C/C(=C\C)c1cc(-c2ccc(C)cn2)c2sc(NC(=O)NCC)nc2c1. The highest BCUT2D eigenvalue weighted by atomic mass is 32.1. The number of hydrogen-bond donors (Lipinski definition) is 2. The molecule has 1 aromatic carbocycles. The Morgan fingerprint density at radius 1 is 1.33 bits per heavy atom. The van der Waals surface area contributed by atoms with Crippen LogP contribution in [0.15, 0.2) is 49.2 Å². The van der Waals surface area contributed by atoms with Gasteiger partial charge in [0, 0.05) is 18.3 Å². The number of benzene rings is 1. The highest BCUT2D eigenvalue weighted by molar-refractivity contribution is 7.22. The molecule has 0 saturated heterocycles. The maximum Gasteiger partial charge on any atom is 0.321 e. The van der Waals surface area contributed by atoms with Crippen molar-refractivity contribution in [2.45, 2.75) is 20.8 Å². The van der Waals surface area contributed by atoms with Crippen molar-refractivity contribution in [3.8, 4) is 11.3 Å². The van der Waals surface area contributed by atoms with Crippen LogP contribution in [0.3, 0.4) is 0 Å². The van der Waals surface area contributed by atoms with E-state index in [1.165, 1.54) is 11.3 Å². The minimum Gasteiger partial charge on any atom is -0.338 e. The van der Waals surface area contributed by atoms with Crippen LogP contribution in [-0.4, -0.2) is 22.5 Å². The summed E-state index contributed by atoms with van der Waals surface area (Å²) < 4.78 is 0.987. The van der Waals surface area contributed by atoms with Gasteiger partial charge in [-0.3, -0.25) is 10.3 Å². The van der Waals surface area contributed by atoms with Crippen molar-refractivity contribution in [3.63, 3.8) is 0 Å². The third-order valence-electron chi connectivity index (χ3n) is 4.10. The van der Waals surface area contributed by atoms with Gasteiger partial charge in [0.15, 0.2) is 5.13 Å². The molecular weight excluding hydrogens is 356 g/mol. The van der Waals surface area contributed by atoms with E-state index in [1.54, 1.807) is 0 Å². The lowest BCUT2D eigenvalue weighted by molar-refractivity contribution is 0.252. The minimum absolute atomic E-state index is 0.257. The molecule has 0 aliphatic rings. The molecule has 0 fully saturated rings. The maximum atomic E-state index is 11.9. The van der Waals surface area contributed by atoms with Gasteiger partial charge in [-0.05, 0) is 55.7 Å². The van der Waals surface area contributed by atoms with Gasteiger partial charge in [0.25, 0.3) is 0 Å². The molecular formula is C21H22N4OS. The Balaban J connectivity index is 2.17. The summed E-state index contributed by atoms with van der Waals surface area (Å²) >= 11 is 1.44. The van der Waals surface area contributed by atoms with Crippen molar-refractivity contribution in [2.24, 2.45) is 0 Å². The van der Waals surface area contributed by atoms with E-state index >= 15 is 0 Å². The van der Waals surface area contributed by atoms with Crippen LogP contribution in [0, 0.1) is 6.92 Å². The topological polar surface area (TPSA) is 66.9 Å². The number of allylic oxidation sites excluding steroid dienone is 3. The summed E-state index contributed by atoms with van der Waals surface area (Å²) in [5, 5.41) is 6.08. The van der Waals surface area contributed by atoms with Crippen molar-refractivity contribution < 1.29 is 4.79 Å². The highest BCUT2D eigenvalue weighted by Crippen LogP contribution is 2.37. The molecule has 3 rings (SSSR count). The molecule has 2 N–H and O–H groups in total. The van der Waals surface area contributed by atoms with Gasteiger partial charge < -0.3 is 5.32 Å². The van der Waals surface area contributed by atoms with E-state index in [1.807, 2.05) is 57.3 Å². The average molecular weight is 379 g/mol. The van der Waals surface area contributed by atoms with E-state index in [-0.39, 0.29) is 6.03 Å². The molecule has 0 spiro atoms. The quantitative estimate of drug-likeness (QED) is 0.584. The molecule has 0 atom stereocenters. The zero-order valence-electron chi connectivity index (χ0n) is 15.7. The fourth-order valence-corrected chi connectivity index (χ4v) is 3.74. The van der Waals surface area contributed by atoms with Crippen molar-refractivity contribution in [3.05, 3.63) is 60.3 Å². The number of urea groups is 1. The Bertz CT molecular complexity index is 1020. The number of rotatable bonds is 5. The lowest BCUT2D eigenvalue weighted by atomic mass is 10.0. The summed E-state index contributed by atoms with van der Waals surface area (Å²) in [6.07, 6.45) is 5.70. The van der Waals surface area contributed by atoms with Gasteiger partial charge in [0.1, 0.15) is 0 Å². The highest BCUT2D eigenvalue weighted by Gasteiger charge is 2.15. The molecule has 3 aromatic rings. The van der Waals surface area contributed by atoms with E-state index in [2.05, 4.69) is 33.2 Å². The van der Waals surface area contributed by atoms with Crippen LogP contribution in [-0.2, 0) is 0 Å². The number of fused-ring (bicyclic) bond motifs is 1. The third-order valence-corrected chi connectivity index (χ3v) is 5.12. The van der Waals surface area contributed by atoms with E-state index in [9.17, 15) is 4.79 Å². The molecule has 0 saturated carbocycles. The Labute approximate surface area is 162 Å². The van der Waals surface area contributed by atoms with Gasteiger partial charge in [-0.1, -0.05) is 36.1 Å². The van der Waals surface area contributed by atoms with Crippen LogP contribution in [0.1, 0.15) is 25.0 Å². The molecule has 2 amide bonds. The number of amides is 2. The van der Waals surface area contributed by atoms with Crippen LogP contribution in [0.2, 0.25) is 0 Å². The first-order valence-electron chi connectivity index (χ1n) is 8.77. The lowest BCUT2D eigenvalue weighted by Gasteiger charge is -2.08. The first-order valence-corrected chi connectivity index (χ1v) is 9.59. The summed E-state index contributed by atoms with van der Waals surface area (Å²) in [6, 6.07) is 7.91. The largest absolute Gasteiger partial charge is 0.338 e. The molecule has 0 radical (unpaired) electrons. The predicted molar refractivity (Wildman–Crippen MR) is 114 cm³/mol. The van der Waals surface area contributed by atoms with Crippen molar-refractivity contribution in [2.75, 3.05) is 11.9 Å². The van der Waals surface area contributed by atoms with Gasteiger partial charge in [-0.2, -0.15) is 0 Å². The van der Waals surface area contributed by atoms with Crippen LogP contribution in [0.25, 0.3) is 27.0 Å². The van der Waals surface area contributed by atoms with Gasteiger partial charge in [0.05, 0.1) is 15.9 Å². The number of nitrogens with zero attached hydrogens (tertiary/aromatic N) is 2. The number of nitrogens with one attached hydrogen (secondary N) is 2. The van der Waals surface area contributed by atoms with Gasteiger partial charge in [-0.15, -0.1) is 0 Å². The summed E-state index contributed by atoms with van der Waals surface area (Å²) in [4.78, 5) is 21.1. The number of carbonyl (C=O) groups excluding carboxylic acids is 1. The monoisotopic (exact) mass is 378 g/mol. The number of hydrogen-bond acceptors (Lipinski definition) is 4. The second-order valence-electron chi connectivity index (χ2n) is 6.04. The van der Waals surface area contributed by atoms with Gasteiger partial charge in [0.2, 0.25) is 0 Å². The zero-order valence-corrected chi connectivity index (χ0v) is 16.5. The zero-order chi connectivity index (χ0) is 19.4. The number of thiazole rings is 1. The number of carbonyl (C=O) groups is 1. The molecule has 0 unspecified atom stereocenters. The summed E-state index contributed by atoms with van der Waals surface area (Å²) in [6.45, 7) is 10.3. The standard InChI is InChI=1S/C21H22N4OS/c1-5-14(6-2)15-10-16(17-9-8-13(4)12-23-17)19-18(11-15)24-21(27-19)25-20(26)22-7-3/h5-6,8-12H,1,7H2,2-4H3,(H2,22,24,25,26)/b14-6+. The second-order valence-corrected chi connectivity index (χ2v) is 7.04. The smallest absolute Gasteiger partial charge is 0.321 e. The second kappa shape index (κ2) is 8.14. The molecule has 5 nitrogen and oxygen atoms in total. The number of aromatic nitrogens is 2. The van der Waals surface area contributed by atoms with E-state index in [0.29, 0.717) is 11.7 Å². The Hall–Kier alpha value is -2.99. The van der Waals surface area contributed by atoms with Gasteiger partial charge >= 0.3 is 6.03 Å². The first-order chi connectivity index (χ1) is 13.0. The Morgan fingerprint density at radius 3 is 2.78 bits per heavy atom. The molecule has 2 heterocycles.